The van der Waals surface area contributed by atoms with Crippen molar-refractivity contribution < 1.29 is 4.39 Å². The van der Waals surface area contributed by atoms with Crippen LogP contribution in [-0.2, 0) is 5.41 Å². The first-order valence-electron chi connectivity index (χ1n) is 6.39. The number of hydrogen-bond donors (Lipinski definition) is 1. The Labute approximate surface area is 106 Å². The van der Waals surface area contributed by atoms with Gasteiger partial charge >= 0.3 is 0 Å². The normalized spacial score (nSPS) is 22.2. The van der Waals surface area contributed by atoms with E-state index in [-0.39, 0.29) is 11.2 Å². The quantitative estimate of drug-likeness (QED) is 0.864. The van der Waals surface area contributed by atoms with Crippen LogP contribution in [0.4, 0.5) is 4.39 Å². The summed E-state index contributed by atoms with van der Waals surface area (Å²) in [5, 5.41) is 4.17. The Bertz CT molecular complexity index is 424. The zero-order valence-electron chi connectivity index (χ0n) is 9.81. The van der Waals surface area contributed by atoms with Gasteiger partial charge in [-0.15, -0.1) is 0 Å². The molecule has 0 aliphatic heterocycles. The van der Waals surface area contributed by atoms with Crippen LogP contribution in [0.3, 0.4) is 0 Å². The molecule has 0 heterocycles. The molecular formula is C14H17ClFN. The lowest BCUT2D eigenvalue weighted by Gasteiger charge is -2.43. The first-order valence-corrected chi connectivity index (χ1v) is 6.76. The molecule has 3 rings (SSSR count). The van der Waals surface area contributed by atoms with E-state index in [0.717, 1.165) is 24.9 Å². The van der Waals surface area contributed by atoms with Crippen LogP contribution in [0.25, 0.3) is 0 Å². The molecule has 0 aromatic heterocycles. The molecule has 1 nitrogen and oxygen atoms in total. The van der Waals surface area contributed by atoms with Crippen LogP contribution in [0.1, 0.15) is 37.7 Å². The van der Waals surface area contributed by atoms with E-state index >= 15 is 0 Å². The molecular weight excluding hydrogens is 237 g/mol. The van der Waals surface area contributed by atoms with Gasteiger partial charge in [-0.3, -0.25) is 0 Å². The van der Waals surface area contributed by atoms with Gasteiger partial charge in [0.25, 0.3) is 0 Å². The number of rotatable bonds is 4. The molecule has 1 aromatic carbocycles. The van der Waals surface area contributed by atoms with Gasteiger partial charge in [0.1, 0.15) is 5.82 Å². The smallest absolute Gasteiger partial charge is 0.124 e. The lowest BCUT2D eigenvalue weighted by Crippen LogP contribution is -2.44. The van der Waals surface area contributed by atoms with E-state index in [1.807, 2.05) is 6.07 Å². The van der Waals surface area contributed by atoms with E-state index in [1.165, 1.54) is 31.4 Å². The van der Waals surface area contributed by atoms with E-state index in [0.29, 0.717) is 11.1 Å². The third-order valence-electron chi connectivity index (χ3n) is 4.12. The Morgan fingerprint density at radius 3 is 2.65 bits per heavy atom. The number of nitrogens with one attached hydrogen (secondary N) is 1. The Morgan fingerprint density at radius 2 is 2.12 bits per heavy atom. The van der Waals surface area contributed by atoms with E-state index < -0.39 is 0 Å². The largest absolute Gasteiger partial charge is 0.313 e. The van der Waals surface area contributed by atoms with Crippen molar-refractivity contribution in [2.45, 2.75) is 43.6 Å². The van der Waals surface area contributed by atoms with Gasteiger partial charge in [0.2, 0.25) is 0 Å². The summed E-state index contributed by atoms with van der Waals surface area (Å²) in [6.45, 7) is 0.989. The molecule has 0 spiro atoms. The molecule has 1 aromatic rings. The van der Waals surface area contributed by atoms with Gasteiger partial charge in [-0.25, -0.2) is 4.39 Å². The maximum Gasteiger partial charge on any atom is 0.124 e. The van der Waals surface area contributed by atoms with Gasteiger partial charge < -0.3 is 5.32 Å². The molecule has 1 N–H and O–H groups in total. The van der Waals surface area contributed by atoms with Crippen molar-refractivity contribution in [1.82, 2.24) is 5.32 Å². The summed E-state index contributed by atoms with van der Waals surface area (Å²) in [6.07, 6.45) is 6.18. The zero-order valence-corrected chi connectivity index (χ0v) is 10.6. The first kappa shape index (κ1) is 11.5. The number of hydrogen-bond acceptors (Lipinski definition) is 1. The van der Waals surface area contributed by atoms with Crippen molar-refractivity contribution in [3.8, 4) is 0 Å². The third-order valence-corrected chi connectivity index (χ3v) is 4.43. The predicted molar refractivity (Wildman–Crippen MR) is 68.0 cm³/mol. The summed E-state index contributed by atoms with van der Waals surface area (Å²) in [6, 6.07) is 5.55. The molecule has 0 radical (unpaired) electrons. The Kier molecular flexibility index (Phi) is 2.87. The van der Waals surface area contributed by atoms with Gasteiger partial charge in [-0.05, 0) is 43.4 Å². The summed E-state index contributed by atoms with van der Waals surface area (Å²) in [4.78, 5) is 0. The highest BCUT2D eigenvalue weighted by Crippen LogP contribution is 2.46. The summed E-state index contributed by atoms with van der Waals surface area (Å²) in [5.41, 5.74) is 1.29. The standard InChI is InChI=1S/C14H17ClFN/c15-13-8-10(16)2-5-12(13)14(6-1-7-14)9-17-11-3-4-11/h2,5,8,11,17H,1,3-4,6-7,9H2. The van der Waals surface area contributed by atoms with Crippen molar-refractivity contribution in [2.75, 3.05) is 6.54 Å². The molecule has 0 amide bonds. The van der Waals surface area contributed by atoms with Crippen LogP contribution < -0.4 is 5.32 Å². The van der Waals surface area contributed by atoms with Gasteiger partial charge in [0, 0.05) is 23.0 Å². The zero-order chi connectivity index (χ0) is 11.9. The average molecular weight is 254 g/mol. The third kappa shape index (κ3) is 2.21. The minimum atomic E-state index is -0.247. The molecule has 92 valence electrons. The number of halogens is 2. The van der Waals surface area contributed by atoms with Gasteiger partial charge in [0.05, 0.1) is 0 Å². The second-order valence-corrected chi connectivity index (χ2v) is 5.82. The molecule has 0 bridgehead atoms. The Morgan fingerprint density at radius 1 is 1.35 bits per heavy atom. The topological polar surface area (TPSA) is 12.0 Å². The van der Waals surface area contributed by atoms with Crippen molar-refractivity contribution in [1.29, 1.82) is 0 Å². The Balaban J connectivity index is 1.82. The molecule has 2 fully saturated rings. The van der Waals surface area contributed by atoms with Crippen LogP contribution in [-0.4, -0.2) is 12.6 Å². The minimum Gasteiger partial charge on any atom is -0.313 e. The maximum atomic E-state index is 13.1. The predicted octanol–water partition coefficient (Wildman–Crippen LogP) is 3.65. The van der Waals surface area contributed by atoms with E-state index in [1.54, 1.807) is 0 Å². The second kappa shape index (κ2) is 4.25. The highest BCUT2D eigenvalue weighted by molar-refractivity contribution is 6.31. The van der Waals surface area contributed by atoms with Crippen molar-refractivity contribution >= 4 is 11.6 Å². The van der Waals surface area contributed by atoms with Crippen molar-refractivity contribution in [2.24, 2.45) is 0 Å². The molecule has 3 heteroatoms. The highest BCUT2D eigenvalue weighted by atomic mass is 35.5. The minimum absolute atomic E-state index is 0.160. The van der Waals surface area contributed by atoms with Crippen molar-refractivity contribution in [3.63, 3.8) is 0 Å². The maximum absolute atomic E-state index is 13.1. The van der Waals surface area contributed by atoms with Gasteiger partial charge in [0.15, 0.2) is 0 Å². The van der Waals surface area contributed by atoms with Crippen molar-refractivity contribution in [3.05, 3.63) is 34.6 Å². The second-order valence-electron chi connectivity index (χ2n) is 5.41. The lowest BCUT2D eigenvalue weighted by atomic mass is 9.64. The van der Waals surface area contributed by atoms with Gasteiger partial charge in [-0.2, -0.15) is 0 Å². The van der Waals surface area contributed by atoms with Crippen LogP contribution in [0.5, 0.6) is 0 Å². The molecule has 2 saturated carbocycles. The summed E-state index contributed by atoms with van der Waals surface area (Å²) in [5.74, 6) is -0.247. The fraction of sp³-hybridized carbons (Fsp3) is 0.571. The highest BCUT2D eigenvalue weighted by Gasteiger charge is 2.40. The molecule has 17 heavy (non-hydrogen) atoms. The van der Waals surface area contributed by atoms with Crippen LogP contribution >= 0.6 is 11.6 Å². The SMILES string of the molecule is Fc1ccc(C2(CNC3CC3)CCC2)c(Cl)c1. The van der Waals surface area contributed by atoms with E-state index in [9.17, 15) is 4.39 Å². The number of benzene rings is 1. The molecule has 2 aliphatic rings. The lowest BCUT2D eigenvalue weighted by molar-refractivity contribution is 0.233. The first-order chi connectivity index (χ1) is 8.20. The summed E-state index contributed by atoms with van der Waals surface area (Å²) < 4.78 is 13.1. The Hall–Kier alpha value is -0.600. The van der Waals surface area contributed by atoms with Gasteiger partial charge in [-0.1, -0.05) is 24.1 Å². The molecule has 2 aliphatic carbocycles. The fourth-order valence-electron chi connectivity index (χ4n) is 2.69. The summed E-state index contributed by atoms with van der Waals surface area (Å²) >= 11 is 6.19. The van der Waals surface area contributed by atoms with Crippen LogP contribution in [0.2, 0.25) is 5.02 Å². The van der Waals surface area contributed by atoms with E-state index in [2.05, 4.69) is 5.32 Å². The van der Waals surface area contributed by atoms with Crippen LogP contribution in [0, 0.1) is 5.82 Å². The average Bonchev–Trinajstić information content (AvgIpc) is 3.02. The summed E-state index contributed by atoms with van der Waals surface area (Å²) in [7, 11) is 0. The van der Waals surface area contributed by atoms with Crippen LogP contribution in [0.15, 0.2) is 18.2 Å². The monoisotopic (exact) mass is 253 g/mol. The molecule has 0 unspecified atom stereocenters. The fourth-order valence-corrected chi connectivity index (χ4v) is 3.06. The van der Waals surface area contributed by atoms with E-state index in [4.69, 9.17) is 11.6 Å². The molecule has 0 saturated heterocycles. The molecule has 0 atom stereocenters.